The van der Waals surface area contributed by atoms with Gasteiger partial charge in [0.05, 0.1) is 23.4 Å². The number of methoxy groups -OCH3 is 1. The van der Waals surface area contributed by atoms with Crippen molar-refractivity contribution >= 4 is 17.4 Å². The maximum Gasteiger partial charge on any atom is 0.336 e. The molecule has 9 nitrogen and oxygen atoms in total. The maximum atomic E-state index is 13.4. The van der Waals surface area contributed by atoms with Crippen molar-refractivity contribution < 1.29 is 28.4 Å². The van der Waals surface area contributed by atoms with E-state index >= 15 is 0 Å². The number of nitro benzene ring substituents is 1. The van der Waals surface area contributed by atoms with Crippen LogP contribution in [-0.4, -0.2) is 37.0 Å². The van der Waals surface area contributed by atoms with Crippen molar-refractivity contribution in [3.63, 3.8) is 0 Å². The fourth-order valence-corrected chi connectivity index (χ4v) is 4.45. The second-order valence-corrected chi connectivity index (χ2v) is 8.01. The first-order valence-corrected chi connectivity index (χ1v) is 10.6. The molecule has 0 saturated heterocycles. The minimum Gasteiger partial charge on any atom is -0.469 e. The van der Waals surface area contributed by atoms with Gasteiger partial charge in [0.1, 0.15) is 12.4 Å². The Hall–Kier alpha value is -3.72. The molecule has 2 aliphatic rings. The van der Waals surface area contributed by atoms with Gasteiger partial charge in [0.2, 0.25) is 0 Å². The van der Waals surface area contributed by atoms with Crippen LogP contribution in [0.1, 0.15) is 42.9 Å². The smallest absolute Gasteiger partial charge is 0.336 e. The summed E-state index contributed by atoms with van der Waals surface area (Å²) < 4.78 is 15.9. The van der Waals surface area contributed by atoms with Gasteiger partial charge in [-0.1, -0.05) is 12.1 Å². The number of hydrogen-bond donors (Lipinski definition) is 1. The quantitative estimate of drug-likeness (QED) is 0.292. The molecule has 0 radical (unpaired) electrons. The molecule has 9 heteroatoms. The third-order valence-corrected chi connectivity index (χ3v) is 5.95. The highest BCUT2D eigenvalue weighted by molar-refractivity contribution is 6.04. The maximum absolute atomic E-state index is 13.4. The summed E-state index contributed by atoms with van der Waals surface area (Å²) in [5, 5.41) is 14.4. The first kappa shape index (κ1) is 22.5. The number of rotatable bonds is 7. The predicted octanol–water partition coefficient (Wildman–Crippen LogP) is 3.74. The topological polar surface area (TPSA) is 121 Å². The highest BCUT2D eigenvalue weighted by Gasteiger charge is 2.42. The van der Waals surface area contributed by atoms with E-state index in [1.165, 1.54) is 19.2 Å². The van der Waals surface area contributed by atoms with Gasteiger partial charge in [-0.3, -0.25) is 14.9 Å². The molecule has 1 aromatic heterocycles. The number of nitrogens with zero attached hydrogens (tertiary/aromatic N) is 1. The summed E-state index contributed by atoms with van der Waals surface area (Å²) in [5.74, 6) is -0.743. The third kappa shape index (κ3) is 4.45. The van der Waals surface area contributed by atoms with E-state index in [0.29, 0.717) is 28.8 Å². The van der Waals surface area contributed by atoms with Crippen molar-refractivity contribution in [2.24, 2.45) is 0 Å². The van der Waals surface area contributed by atoms with Crippen LogP contribution in [0.3, 0.4) is 0 Å². The third-order valence-electron chi connectivity index (χ3n) is 5.95. The second-order valence-electron chi connectivity index (χ2n) is 8.01. The number of ketones is 1. The molecule has 0 spiro atoms. The monoisotopic (exact) mass is 452 g/mol. The Kier molecular flexibility index (Phi) is 6.41. The van der Waals surface area contributed by atoms with Crippen LogP contribution in [-0.2, 0) is 19.1 Å². The van der Waals surface area contributed by atoms with Crippen molar-refractivity contribution in [1.29, 1.82) is 0 Å². The normalized spacial score (nSPS) is 20.4. The van der Waals surface area contributed by atoms with Crippen molar-refractivity contribution in [2.75, 3.05) is 20.3 Å². The Bertz CT molecular complexity index is 1130. The molecule has 0 bridgehead atoms. The van der Waals surface area contributed by atoms with Crippen LogP contribution in [0.15, 0.2) is 69.6 Å². The van der Waals surface area contributed by atoms with Crippen LogP contribution in [0, 0.1) is 10.1 Å². The molecule has 2 atom stereocenters. The first-order chi connectivity index (χ1) is 15.9. The Balaban J connectivity index is 1.76. The molecular formula is C24H24N2O7. The average Bonchev–Trinajstić information content (AvgIpc) is 3.33. The van der Waals surface area contributed by atoms with Gasteiger partial charge < -0.3 is 19.2 Å². The van der Waals surface area contributed by atoms with Crippen LogP contribution in [0.4, 0.5) is 5.69 Å². The Labute approximate surface area is 190 Å². The van der Waals surface area contributed by atoms with Crippen LogP contribution in [0.5, 0.6) is 0 Å². The number of Topliss-reactive ketones (excluding diaryl/α,β-unsaturated/α-hetero) is 1. The molecule has 2 unspecified atom stereocenters. The van der Waals surface area contributed by atoms with Crippen molar-refractivity contribution in [2.45, 2.75) is 31.6 Å². The molecule has 0 fully saturated rings. The molecular weight excluding hydrogens is 428 g/mol. The first-order valence-electron chi connectivity index (χ1n) is 10.6. The molecule has 0 amide bonds. The van der Waals surface area contributed by atoms with E-state index < -0.39 is 16.8 Å². The Morgan fingerprint density at radius 1 is 1.21 bits per heavy atom. The number of nitrogens with one attached hydrogen (secondary N) is 1. The summed E-state index contributed by atoms with van der Waals surface area (Å²) in [6.45, 7) is 2.07. The van der Waals surface area contributed by atoms with E-state index in [-0.39, 0.29) is 37.0 Å². The number of esters is 1. The number of nitro groups is 1. The van der Waals surface area contributed by atoms with E-state index in [4.69, 9.17) is 13.9 Å². The van der Waals surface area contributed by atoms with Gasteiger partial charge in [0.25, 0.3) is 5.69 Å². The lowest BCUT2D eigenvalue weighted by Gasteiger charge is -2.36. The van der Waals surface area contributed by atoms with Gasteiger partial charge in [-0.05, 0) is 31.0 Å². The minimum absolute atomic E-state index is 0.0690. The lowest BCUT2D eigenvalue weighted by Crippen LogP contribution is -2.36. The summed E-state index contributed by atoms with van der Waals surface area (Å²) in [4.78, 5) is 37.1. The number of furan rings is 1. The SMILES string of the molecule is COCCOC(=O)C1=C(C)NC2=C(C(=O)CC(c3ccco3)C2)C1c1ccc([N+](=O)[O-])cc1. The molecule has 1 aromatic carbocycles. The summed E-state index contributed by atoms with van der Waals surface area (Å²) in [7, 11) is 1.51. The van der Waals surface area contributed by atoms with Gasteiger partial charge in [0, 0.05) is 54.5 Å². The summed E-state index contributed by atoms with van der Waals surface area (Å²) in [6, 6.07) is 9.55. The number of hydrogen-bond acceptors (Lipinski definition) is 8. The Morgan fingerprint density at radius 2 is 1.97 bits per heavy atom. The lowest BCUT2D eigenvalue weighted by atomic mass is 9.72. The zero-order valence-electron chi connectivity index (χ0n) is 18.3. The molecule has 4 rings (SSSR count). The summed E-state index contributed by atoms with van der Waals surface area (Å²) >= 11 is 0. The summed E-state index contributed by atoms with van der Waals surface area (Å²) in [5.41, 5.74) is 2.63. The van der Waals surface area contributed by atoms with Crippen molar-refractivity contribution in [1.82, 2.24) is 5.32 Å². The fourth-order valence-electron chi connectivity index (χ4n) is 4.45. The van der Waals surface area contributed by atoms with Gasteiger partial charge >= 0.3 is 5.97 Å². The molecule has 0 saturated carbocycles. The standard InChI is InChI=1S/C24H24N2O7/c1-14-21(24(28)33-11-10-31-2)22(15-5-7-17(8-6-15)26(29)30)23-18(25-14)12-16(13-19(23)27)20-4-3-9-32-20/h3-9,16,22,25H,10-13H2,1-2H3. The van der Waals surface area contributed by atoms with E-state index in [1.54, 1.807) is 31.4 Å². The highest BCUT2D eigenvalue weighted by Crippen LogP contribution is 2.45. The number of benzene rings is 1. The van der Waals surface area contributed by atoms with E-state index in [2.05, 4.69) is 5.32 Å². The summed E-state index contributed by atoms with van der Waals surface area (Å²) in [6.07, 6.45) is 2.36. The zero-order chi connectivity index (χ0) is 23.5. The average molecular weight is 452 g/mol. The molecule has 172 valence electrons. The number of carbonyl (C=O) groups excluding carboxylic acids is 2. The zero-order valence-corrected chi connectivity index (χ0v) is 18.3. The van der Waals surface area contributed by atoms with Crippen LogP contribution in [0.2, 0.25) is 0 Å². The molecule has 1 aliphatic carbocycles. The lowest BCUT2D eigenvalue weighted by molar-refractivity contribution is -0.384. The molecule has 1 aliphatic heterocycles. The van der Waals surface area contributed by atoms with E-state index in [9.17, 15) is 19.7 Å². The molecule has 33 heavy (non-hydrogen) atoms. The fraction of sp³-hybridized carbons (Fsp3) is 0.333. The number of allylic oxidation sites excluding steroid dienone is 3. The van der Waals surface area contributed by atoms with Crippen LogP contribution in [0.25, 0.3) is 0 Å². The van der Waals surface area contributed by atoms with E-state index in [0.717, 1.165) is 11.5 Å². The van der Waals surface area contributed by atoms with Crippen molar-refractivity contribution in [3.8, 4) is 0 Å². The van der Waals surface area contributed by atoms with Gasteiger partial charge in [-0.2, -0.15) is 0 Å². The number of ether oxygens (including phenoxy) is 2. The number of non-ortho nitro benzene ring substituents is 1. The van der Waals surface area contributed by atoms with E-state index in [1.807, 2.05) is 6.07 Å². The van der Waals surface area contributed by atoms with Gasteiger partial charge in [-0.15, -0.1) is 0 Å². The van der Waals surface area contributed by atoms with Gasteiger partial charge in [-0.25, -0.2) is 4.79 Å². The molecule has 2 heterocycles. The molecule has 2 aromatic rings. The van der Waals surface area contributed by atoms with Crippen molar-refractivity contribution in [3.05, 3.63) is 86.6 Å². The van der Waals surface area contributed by atoms with Gasteiger partial charge in [0.15, 0.2) is 5.78 Å². The highest BCUT2D eigenvalue weighted by atomic mass is 16.6. The number of dihydropyridines is 1. The van der Waals surface area contributed by atoms with Crippen LogP contribution >= 0.6 is 0 Å². The molecule has 1 N–H and O–H groups in total. The Morgan fingerprint density at radius 3 is 2.61 bits per heavy atom. The second kappa shape index (κ2) is 9.41. The minimum atomic E-state index is -0.692. The van der Waals surface area contributed by atoms with Crippen LogP contribution < -0.4 is 5.32 Å². The number of carbonyl (C=O) groups is 2. The largest absolute Gasteiger partial charge is 0.469 e. The predicted molar refractivity (Wildman–Crippen MR) is 117 cm³/mol.